The molecule has 2 rings (SSSR count). The van der Waals surface area contributed by atoms with Crippen molar-refractivity contribution in [1.29, 1.82) is 0 Å². The number of rotatable bonds is 5. The van der Waals surface area contributed by atoms with Gasteiger partial charge in [-0.25, -0.2) is 0 Å². The number of piperidine rings is 1. The summed E-state index contributed by atoms with van der Waals surface area (Å²) in [5.41, 5.74) is 0. The Hall–Kier alpha value is -0.160. The Bertz CT molecular complexity index is 189. The summed E-state index contributed by atoms with van der Waals surface area (Å²) >= 11 is 0. The number of nitrogens with zero attached hydrogens (tertiary/aromatic N) is 1. The third-order valence-electron chi connectivity index (χ3n) is 3.61. The van der Waals surface area contributed by atoms with Crippen molar-refractivity contribution < 1.29 is 9.47 Å². The second-order valence-corrected chi connectivity index (χ2v) is 4.82. The maximum Gasteiger partial charge on any atom is 0.0622 e. The molecule has 4 nitrogen and oxygen atoms in total. The first kappa shape index (κ1) is 12.3. The molecule has 0 saturated carbocycles. The van der Waals surface area contributed by atoms with E-state index in [9.17, 15) is 0 Å². The normalized spacial score (nSPS) is 27.8. The van der Waals surface area contributed by atoms with E-state index in [1.807, 2.05) is 0 Å². The Balaban J connectivity index is 1.56. The summed E-state index contributed by atoms with van der Waals surface area (Å²) < 4.78 is 11.3. The smallest absolute Gasteiger partial charge is 0.0622 e. The molecule has 1 N–H and O–H groups in total. The molecule has 4 heteroatoms. The molecule has 0 radical (unpaired) electrons. The second kappa shape index (κ2) is 6.55. The molecule has 2 saturated heterocycles. The van der Waals surface area contributed by atoms with Gasteiger partial charge in [0.1, 0.15) is 0 Å². The molecule has 16 heavy (non-hydrogen) atoms. The van der Waals surface area contributed by atoms with Gasteiger partial charge >= 0.3 is 0 Å². The molecular weight excluding hydrogens is 204 g/mol. The van der Waals surface area contributed by atoms with Crippen molar-refractivity contribution in [1.82, 2.24) is 10.2 Å². The van der Waals surface area contributed by atoms with Crippen LogP contribution in [0.25, 0.3) is 0 Å². The first-order valence-corrected chi connectivity index (χ1v) is 6.46. The molecule has 0 spiro atoms. The minimum absolute atomic E-state index is 0.481. The molecule has 0 aromatic carbocycles. The minimum atomic E-state index is 0.481. The lowest BCUT2D eigenvalue weighted by atomic mass is 10.1. The Morgan fingerprint density at radius 2 is 2.12 bits per heavy atom. The van der Waals surface area contributed by atoms with E-state index in [1.165, 1.54) is 6.42 Å². The van der Waals surface area contributed by atoms with Gasteiger partial charge in [-0.2, -0.15) is 0 Å². The van der Waals surface area contributed by atoms with Crippen LogP contribution in [0.15, 0.2) is 0 Å². The van der Waals surface area contributed by atoms with Gasteiger partial charge in [0.05, 0.1) is 19.3 Å². The molecule has 0 amide bonds. The quantitative estimate of drug-likeness (QED) is 0.742. The Morgan fingerprint density at radius 1 is 1.31 bits per heavy atom. The maximum absolute atomic E-state index is 5.89. The van der Waals surface area contributed by atoms with Crippen LogP contribution in [0, 0.1) is 0 Å². The average molecular weight is 228 g/mol. The lowest BCUT2D eigenvalue weighted by Gasteiger charge is -2.26. The summed E-state index contributed by atoms with van der Waals surface area (Å²) in [6.07, 6.45) is 3.98. The van der Waals surface area contributed by atoms with Crippen LogP contribution in [-0.2, 0) is 9.47 Å². The lowest BCUT2D eigenvalue weighted by Crippen LogP contribution is -2.37. The van der Waals surface area contributed by atoms with Crippen molar-refractivity contribution in [3.05, 3.63) is 0 Å². The van der Waals surface area contributed by atoms with Crippen LogP contribution in [0.2, 0.25) is 0 Å². The first-order chi connectivity index (χ1) is 7.86. The van der Waals surface area contributed by atoms with Crippen molar-refractivity contribution in [2.24, 2.45) is 0 Å². The van der Waals surface area contributed by atoms with Gasteiger partial charge in [-0.1, -0.05) is 0 Å². The number of ether oxygens (including phenoxy) is 2. The predicted octanol–water partition coefficient (Wildman–Crippen LogP) is 0.476. The van der Waals surface area contributed by atoms with Crippen LogP contribution in [-0.4, -0.2) is 63.5 Å². The van der Waals surface area contributed by atoms with Crippen LogP contribution < -0.4 is 5.32 Å². The zero-order chi connectivity index (χ0) is 11.2. The van der Waals surface area contributed by atoms with Crippen molar-refractivity contribution >= 4 is 0 Å². The van der Waals surface area contributed by atoms with E-state index in [1.54, 1.807) is 0 Å². The number of nitrogens with one attached hydrogen (secondary N) is 1. The molecule has 2 aliphatic rings. The number of hydrogen-bond donors (Lipinski definition) is 1. The Kier molecular flexibility index (Phi) is 5.03. The fourth-order valence-corrected chi connectivity index (χ4v) is 2.38. The SMILES string of the molecule is CN(CCOC1CCNCC1)C1CCOC1. The Morgan fingerprint density at radius 3 is 2.81 bits per heavy atom. The highest BCUT2D eigenvalue weighted by Gasteiger charge is 2.20. The third-order valence-corrected chi connectivity index (χ3v) is 3.61. The summed E-state index contributed by atoms with van der Waals surface area (Å²) in [7, 11) is 2.17. The maximum atomic E-state index is 5.89. The zero-order valence-electron chi connectivity index (χ0n) is 10.3. The van der Waals surface area contributed by atoms with Crippen LogP contribution in [0.4, 0.5) is 0 Å². The fraction of sp³-hybridized carbons (Fsp3) is 1.00. The summed E-state index contributed by atoms with van der Waals surface area (Å²) in [4.78, 5) is 2.37. The van der Waals surface area contributed by atoms with Gasteiger partial charge in [0.2, 0.25) is 0 Å². The fourth-order valence-electron chi connectivity index (χ4n) is 2.38. The van der Waals surface area contributed by atoms with Gasteiger partial charge in [0.25, 0.3) is 0 Å². The van der Waals surface area contributed by atoms with Crippen molar-refractivity contribution in [3.8, 4) is 0 Å². The standard InChI is InChI=1S/C12H24N2O2/c1-14(11-4-8-15-10-11)7-9-16-12-2-5-13-6-3-12/h11-13H,2-10H2,1H3. The van der Waals surface area contributed by atoms with Crippen LogP contribution in [0.5, 0.6) is 0 Å². The van der Waals surface area contributed by atoms with E-state index in [2.05, 4.69) is 17.3 Å². The summed E-state index contributed by atoms with van der Waals surface area (Å²) in [6, 6.07) is 0.608. The van der Waals surface area contributed by atoms with Gasteiger partial charge < -0.3 is 14.8 Å². The van der Waals surface area contributed by atoms with Gasteiger partial charge in [0.15, 0.2) is 0 Å². The van der Waals surface area contributed by atoms with Gasteiger partial charge in [-0.3, -0.25) is 4.90 Å². The van der Waals surface area contributed by atoms with Crippen LogP contribution in [0.1, 0.15) is 19.3 Å². The summed E-state index contributed by atoms with van der Waals surface area (Å²) in [5, 5.41) is 3.35. The molecule has 2 heterocycles. The van der Waals surface area contributed by atoms with Gasteiger partial charge in [0, 0.05) is 19.2 Å². The molecular formula is C12H24N2O2. The molecule has 1 unspecified atom stereocenters. The molecule has 2 fully saturated rings. The predicted molar refractivity (Wildman–Crippen MR) is 63.7 cm³/mol. The highest BCUT2D eigenvalue weighted by Crippen LogP contribution is 2.11. The molecule has 0 bridgehead atoms. The van der Waals surface area contributed by atoms with Crippen molar-refractivity contribution in [3.63, 3.8) is 0 Å². The van der Waals surface area contributed by atoms with E-state index in [4.69, 9.17) is 9.47 Å². The average Bonchev–Trinajstić information content (AvgIpc) is 2.84. The minimum Gasteiger partial charge on any atom is -0.380 e. The molecule has 0 aromatic heterocycles. The van der Waals surface area contributed by atoms with Gasteiger partial charge in [-0.05, 0) is 39.4 Å². The second-order valence-electron chi connectivity index (χ2n) is 4.82. The van der Waals surface area contributed by atoms with Crippen LogP contribution >= 0.6 is 0 Å². The topological polar surface area (TPSA) is 33.7 Å². The van der Waals surface area contributed by atoms with Crippen LogP contribution in [0.3, 0.4) is 0 Å². The van der Waals surface area contributed by atoms with E-state index < -0.39 is 0 Å². The number of likely N-dealkylation sites (N-methyl/N-ethyl adjacent to an activating group) is 1. The van der Waals surface area contributed by atoms with E-state index >= 15 is 0 Å². The molecule has 0 aromatic rings. The summed E-state index contributed by atoms with van der Waals surface area (Å²) in [5.74, 6) is 0. The summed E-state index contributed by atoms with van der Waals surface area (Å²) in [6.45, 7) is 5.91. The highest BCUT2D eigenvalue weighted by atomic mass is 16.5. The molecule has 2 aliphatic heterocycles. The van der Waals surface area contributed by atoms with Gasteiger partial charge in [-0.15, -0.1) is 0 Å². The lowest BCUT2D eigenvalue weighted by molar-refractivity contribution is 0.0176. The number of hydrogen-bond acceptors (Lipinski definition) is 4. The van der Waals surface area contributed by atoms with Crippen molar-refractivity contribution in [2.75, 3.05) is 46.5 Å². The monoisotopic (exact) mass is 228 g/mol. The third kappa shape index (κ3) is 3.70. The Labute approximate surface area is 98.3 Å². The van der Waals surface area contributed by atoms with E-state index in [-0.39, 0.29) is 0 Å². The first-order valence-electron chi connectivity index (χ1n) is 6.46. The largest absolute Gasteiger partial charge is 0.380 e. The molecule has 1 atom stereocenters. The highest BCUT2D eigenvalue weighted by molar-refractivity contribution is 4.73. The molecule has 94 valence electrons. The van der Waals surface area contributed by atoms with Crippen molar-refractivity contribution in [2.45, 2.75) is 31.4 Å². The van der Waals surface area contributed by atoms with E-state index in [0.29, 0.717) is 12.1 Å². The molecule has 0 aliphatic carbocycles. The van der Waals surface area contributed by atoms with E-state index in [0.717, 1.165) is 52.3 Å². The zero-order valence-corrected chi connectivity index (χ0v) is 10.3.